The fourth-order valence-corrected chi connectivity index (χ4v) is 2.00. The van der Waals surface area contributed by atoms with Crippen molar-refractivity contribution in [1.82, 2.24) is 10.3 Å². The van der Waals surface area contributed by atoms with Crippen molar-refractivity contribution >= 4 is 6.08 Å². The summed E-state index contributed by atoms with van der Waals surface area (Å²) >= 11 is 0. The van der Waals surface area contributed by atoms with Crippen LogP contribution in [-0.2, 0) is 0 Å². The van der Waals surface area contributed by atoms with Crippen molar-refractivity contribution < 1.29 is 0 Å². The number of pyridine rings is 1. The van der Waals surface area contributed by atoms with Gasteiger partial charge in [-0.1, -0.05) is 19.1 Å². The summed E-state index contributed by atoms with van der Waals surface area (Å²) in [7, 11) is 0. The van der Waals surface area contributed by atoms with E-state index in [1.165, 1.54) is 18.4 Å². The van der Waals surface area contributed by atoms with Crippen LogP contribution in [0.3, 0.4) is 0 Å². The molecule has 1 saturated heterocycles. The molecule has 1 aromatic rings. The third kappa shape index (κ3) is 3.17. The summed E-state index contributed by atoms with van der Waals surface area (Å²) in [6, 6.07) is 4.60. The molecule has 1 fully saturated rings. The molecular formula is C13H18N2. The third-order valence-corrected chi connectivity index (χ3v) is 2.93. The lowest BCUT2D eigenvalue weighted by Gasteiger charge is -2.25. The Hall–Kier alpha value is -1.15. The van der Waals surface area contributed by atoms with Crippen molar-refractivity contribution in [1.29, 1.82) is 0 Å². The Morgan fingerprint density at radius 3 is 2.93 bits per heavy atom. The van der Waals surface area contributed by atoms with E-state index in [9.17, 15) is 0 Å². The minimum atomic E-state index is 0.543. The summed E-state index contributed by atoms with van der Waals surface area (Å²) in [6.45, 7) is 3.47. The molecule has 2 rings (SSSR count). The molecule has 2 heterocycles. The summed E-state index contributed by atoms with van der Waals surface area (Å²) in [5.41, 5.74) is 1.23. The number of nitrogens with one attached hydrogen (secondary N) is 1. The molecule has 1 N–H and O–H groups in total. The van der Waals surface area contributed by atoms with Crippen molar-refractivity contribution in [2.24, 2.45) is 5.92 Å². The summed E-state index contributed by atoms with van der Waals surface area (Å²) in [4.78, 5) is 4.00. The van der Waals surface area contributed by atoms with Crippen LogP contribution in [0.1, 0.15) is 25.3 Å². The second-order valence-corrected chi connectivity index (χ2v) is 4.33. The number of hydrogen-bond acceptors (Lipinski definition) is 2. The maximum absolute atomic E-state index is 4.00. The van der Waals surface area contributed by atoms with Crippen molar-refractivity contribution in [2.75, 3.05) is 6.54 Å². The maximum atomic E-state index is 4.00. The SMILES string of the molecule is CC1CCNC(/C=C/c2ccncc2)C1. The normalized spacial score (nSPS) is 27.0. The zero-order valence-electron chi connectivity index (χ0n) is 9.19. The average molecular weight is 202 g/mol. The Morgan fingerprint density at radius 2 is 2.20 bits per heavy atom. The van der Waals surface area contributed by atoms with Gasteiger partial charge in [0.25, 0.3) is 0 Å². The van der Waals surface area contributed by atoms with Crippen LogP contribution in [0.2, 0.25) is 0 Å². The van der Waals surface area contributed by atoms with Gasteiger partial charge >= 0.3 is 0 Å². The van der Waals surface area contributed by atoms with E-state index in [4.69, 9.17) is 0 Å². The molecule has 1 aromatic heterocycles. The second kappa shape index (κ2) is 5.08. The van der Waals surface area contributed by atoms with Crippen LogP contribution in [0.25, 0.3) is 6.08 Å². The van der Waals surface area contributed by atoms with E-state index < -0.39 is 0 Å². The highest BCUT2D eigenvalue weighted by Gasteiger charge is 2.14. The quantitative estimate of drug-likeness (QED) is 0.797. The summed E-state index contributed by atoms with van der Waals surface area (Å²) in [6.07, 6.45) is 10.7. The van der Waals surface area contributed by atoms with Gasteiger partial charge in [-0.15, -0.1) is 0 Å². The number of rotatable bonds is 2. The van der Waals surface area contributed by atoms with Gasteiger partial charge in [0.2, 0.25) is 0 Å². The minimum absolute atomic E-state index is 0.543. The van der Waals surface area contributed by atoms with Crippen molar-refractivity contribution in [3.63, 3.8) is 0 Å². The van der Waals surface area contributed by atoms with Crippen LogP contribution in [0.15, 0.2) is 30.6 Å². The summed E-state index contributed by atoms with van der Waals surface area (Å²) < 4.78 is 0. The molecule has 0 radical (unpaired) electrons. The Balaban J connectivity index is 1.93. The van der Waals surface area contributed by atoms with Gasteiger partial charge in [-0.25, -0.2) is 0 Å². The van der Waals surface area contributed by atoms with Gasteiger partial charge in [-0.05, 0) is 43.0 Å². The molecule has 2 atom stereocenters. The van der Waals surface area contributed by atoms with Gasteiger partial charge < -0.3 is 5.32 Å². The molecule has 2 heteroatoms. The van der Waals surface area contributed by atoms with Crippen molar-refractivity contribution in [3.8, 4) is 0 Å². The van der Waals surface area contributed by atoms with Crippen LogP contribution in [0.4, 0.5) is 0 Å². The van der Waals surface area contributed by atoms with Crippen LogP contribution in [0, 0.1) is 5.92 Å². The zero-order chi connectivity index (χ0) is 10.5. The lowest BCUT2D eigenvalue weighted by molar-refractivity contribution is 0.357. The minimum Gasteiger partial charge on any atom is -0.310 e. The third-order valence-electron chi connectivity index (χ3n) is 2.93. The number of hydrogen-bond donors (Lipinski definition) is 1. The molecule has 0 aromatic carbocycles. The van der Waals surface area contributed by atoms with E-state index in [0.29, 0.717) is 6.04 Å². The van der Waals surface area contributed by atoms with Crippen LogP contribution >= 0.6 is 0 Å². The largest absolute Gasteiger partial charge is 0.310 e. The lowest BCUT2D eigenvalue weighted by atomic mass is 9.94. The average Bonchev–Trinajstić information content (AvgIpc) is 2.28. The second-order valence-electron chi connectivity index (χ2n) is 4.33. The first-order valence-electron chi connectivity index (χ1n) is 5.66. The van der Waals surface area contributed by atoms with E-state index in [-0.39, 0.29) is 0 Å². The standard InChI is InChI=1S/C13H18N2/c1-11-4-9-15-13(10-11)3-2-12-5-7-14-8-6-12/h2-3,5-8,11,13,15H,4,9-10H2,1H3/b3-2+. The Labute approximate surface area is 91.4 Å². The number of piperidine rings is 1. The monoisotopic (exact) mass is 202 g/mol. The Morgan fingerprint density at radius 1 is 1.40 bits per heavy atom. The van der Waals surface area contributed by atoms with Gasteiger partial charge in [-0.2, -0.15) is 0 Å². The molecule has 80 valence electrons. The lowest BCUT2D eigenvalue weighted by Crippen LogP contribution is -2.35. The van der Waals surface area contributed by atoms with Crippen LogP contribution < -0.4 is 5.32 Å². The van der Waals surface area contributed by atoms with Gasteiger partial charge in [0.1, 0.15) is 0 Å². The molecule has 1 aliphatic rings. The summed E-state index contributed by atoms with van der Waals surface area (Å²) in [5, 5.41) is 3.52. The highest BCUT2D eigenvalue weighted by atomic mass is 14.9. The molecule has 2 nitrogen and oxygen atoms in total. The predicted octanol–water partition coefficient (Wildman–Crippen LogP) is 2.48. The summed E-state index contributed by atoms with van der Waals surface area (Å²) in [5.74, 6) is 0.846. The molecule has 1 aliphatic heterocycles. The van der Waals surface area contributed by atoms with Gasteiger partial charge in [0, 0.05) is 18.4 Å². The fraction of sp³-hybridized carbons (Fsp3) is 0.462. The molecule has 0 saturated carbocycles. The number of nitrogens with zero attached hydrogens (tertiary/aromatic N) is 1. The topological polar surface area (TPSA) is 24.9 Å². The molecule has 0 spiro atoms. The highest BCUT2D eigenvalue weighted by Crippen LogP contribution is 2.16. The van der Waals surface area contributed by atoms with E-state index in [1.54, 1.807) is 0 Å². The van der Waals surface area contributed by atoms with Gasteiger partial charge in [0.15, 0.2) is 0 Å². The van der Waals surface area contributed by atoms with E-state index in [2.05, 4.69) is 29.4 Å². The Bertz CT molecular complexity index is 319. The fourth-order valence-electron chi connectivity index (χ4n) is 2.00. The predicted molar refractivity (Wildman–Crippen MR) is 63.5 cm³/mol. The molecule has 15 heavy (non-hydrogen) atoms. The molecular weight excluding hydrogens is 184 g/mol. The molecule has 2 unspecified atom stereocenters. The first-order valence-corrected chi connectivity index (χ1v) is 5.66. The smallest absolute Gasteiger partial charge is 0.0273 e. The maximum Gasteiger partial charge on any atom is 0.0273 e. The van der Waals surface area contributed by atoms with Crippen LogP contribution in [0.5, 0.6) is 0 Å². The van der Waals surface area contributed by atoms with Crippen LogP contribution in [-0.4, -0.2) is 17.6 Å². The Kier molecular flexibility index (Phi) is 3.51. The van der Waals surface area contributed by atoms with Crippen molar-refractivity contribution in [2.45, 2.75) is 25.8 Å². The van der Waals surface area contributed by atoms with E-state index in [0.717, 1.165) is 12.5 Å². The first-order chi connectivity index (χ1) is 7.34. The molecule has 0 bridgehead atoms. The zero-order valence-corrected chi connectivity index (χ0v) is 9.19. The number of aromatic nitrogens is 1. The first kappa shape index (κ1) is 10.4. The highest BCUT2D eigenvalue weighted by molar-refractivity contribution is 5.48. The van der Waals surface area contributed by atoms with Gasteiger partial charge in [0.05, 0.1) is 0 Å². The molecule has 0 amide bonds. The van der Waals surface area contributed by atoms with E-state index in [1.807, 2.05) is 24.5 Å². The van der Waals surface area contributed by atoms with E-state index >= 15 is 0 Å². The molecule has 0 aliphatic carbocycles. The van der Waals surface area contributed by atoms with Gasteiger partial charge in [-0.3, -0.25) is 4.98 Å². The van der Waals surface area contributed by atoms with Crippen molar-refractivity contribution in [3.05, 3.63) is 36.2 Å².